The highest BCUT2D eigenvalue weighted by Crippen LogP contribution is 2.37. The molecule has 0 spiro atoms. The van der Waals surface area contributed by atoms with Crippen molar-refractivity contribution in [1.29, 1.82) is 0 Å². The van der Waals surface area contributed by atoms with Crippen LogP contribution in [0.4, 0.5) is 0 Å². The number of phenolic OH excluding ortho intramolecular Hbond substituents is 2. The van der Waals surface area contributed by atoms with Gasteiger partial charge in [0.1, 0.15) is 11.5 Å². The average Bonchev–Trinajstić information content (AvgIpc) is 2.58. The van der Waals surface area contributed by atoms with Crippen molar-refractivity contribution >= 4 is 11.1 Å². The summed E-state index contributed by atoms with van der Waals surface area (Å²) in [4.78, 5) is 0. The molecule has 1 aliphatic rings. The lowest BCUT2D eigenvalue weighted by molar-refractivity contribution is 0.474. The molecule has 0 atom stereocenters. The van der Waals surface area contributed by atoms with Gasteiger partial charge in [0.05, 0.1) is 0 Å². The monoisotopic (exact) mass is 266 g/mol. The number of aryl methyl sites for hydroxylation is 1. The first-order valence-electron chi connectivity index (χ1n) is 6.96. The molecular weight excluding hydrogens is 248 g/mol. The van der Waals surface area contributed by atoms with Crippen LogP contribution in [0.5, 0.6) is 11.5 Å². The van der Waals surface area contributed by atoms with E-state index in [9.17, 15) is 10.2 Å². The topological polar surface area (TPSA) is 40.5 Å². The summed E-state index contributed by atoms with van der Waals surface area (Å²) in [7, 11) is 0. The lowest BCUT2D eigenvalue weighted by Crippen LogP contribution is -1.90. The fraction of sp³-hybridized carbons (Fsp3) is 0.222. The summed E-state index contributed by atoms with van der Waals surface area (Å²) in [5.74, 6) is 0.635. The molecule has 0 saturated carbocycles. The Kier molecular flexibility index (Phi) is 3.23. The van der Waals surface area contributed by atoms with Gasteiger partial charge in [-0.25, -0.2) is 0 Å². The van der Waals surface area contributed by atoms with Crippen molar-refractivity contribution in [3.8, 4) is 11.5 Å². The fourth-order valence-electron chi connectivity index (χ4n) is 3.01. The fourth-order valence-corrected chi connectivity index (χ4v) is 3.01. The van der Waals surface area contributed by atoms with Gasteiger partial charge in [-0.2, -0.15) is 0 Å². The van der Waals surface area contributed by atoms with E-state index in [1.165, 1.54) is 22.3 Å². The molecule has 0 saturated heterocycles. The van der Waals surface area contributed by atoms with Crippen LogP contribution in [0.3, 0.4) is 0 Å². The van der Waals surface area contributed by atoms with Gasteiger partial charge in [-0.1, -0.05) is 18.2 Å². The number of benzene rings is 2. The van der Waals surface area contributed by atoms with Crippen LogP contribution in [0.2, 0.25) is 0 Å². The van der Waals surface area contributed by atoms with Gasteiger partial charge in [0.25, 0.3) is 0 Å². The molecule has 20 heavy (non-hydrogen) atoms. The molecule has 1 aliphatic carbocycles. The summed E-state index contributed by atoms with van der Waals surface area (Å²) in [6.07, 6.45) is 3.02. The van der Waals surface area contributed by atoms with E-state index in [1.54, 1.807) is 12.1 Å². The molecule has 2 nitrogen and oxygen atoms in total. The van der Waals surface area contributed by atoms with Crippen LogP contribution in [0.15, 0.2) is 42.5 Å². The van der Waals surface area contributed by atoms with Crippen LogP contribution < -0.4 is 0 Å². The summed E-state index contributed by atoms with van der Waals surface area (Å²) in [5.41, 5.74) is 6.02. The summed E-state index contributed by atoms with van der Waals surface area (Å²) in [6.45, 7) is 2.13. The van der Waals surface area contributed by atoms with Gasteiger partial charge in [-0.3, -0.25) is 0 Å². The maximum atomic E-state index is 9.68. The predicted octanol–water partition coefficient (Wildman–Crippen LogP) is 4.36. The quantitative estimate of drug-likeness (QED) is 0.805. The molecule has 0 heterocycles. The zero-order valence-corrected chi connectivity index (χ0v) is 11.6. The minimum Gasteiger partial charge on any atom is -0.508 e. The normalized spacial score (nSPS) is 14.8. The first-order valence-corrected chi connectivity index (χ1v) is 6.96. The number of rotatable bonds is 1. The number of aromatic hydroxyl groups is 2. The smallest absolute Gasteiger partial charge is 0.116 e. The van der Waals surface area contributed by atoms with Gasteiger partial charge in [-0.15, -0.1) is 0 Å². The second-order valence-electron chi connectivity index (χ2n) is 5.35. The standard InChI is InChI=1S/C18H18O2/c1-12-17(13-4-2-6-15(19)10-13)7-3-5-14-11-16(20)8-9-18(12)14/h2,4,6,8-11,19-20H,3,5,7H2,1H3. The molecule has 0 radical (unpaired) electrons. The van der Waals surface area contributed by atoms with Gasteiger partial charge in [0.15, 0.2) is 0 Å². The summed E-state index contributed by atoms with van der Waals surface area (Å²) in [5, 5.41) is 19.3. The molecule has 0 bridgehead atoms. The second-order valence-corrected chi connectivity index (χ2v) is 5.35. The van der Waals surface area contributed by atoms with E-state index in [1.807, 2.05) is 30.3 Å². The van der Waals surface area contributed by atoms with Crippen LogP contribution >= 0.6 is 0 Å². The number of phenols is 2. The van der Waals surface area contributed by atoms with Crippen LogP contribution in [0, 0.1) is 0 Å². The molecule has 0 fully saturated rings. The van der Waals surface area contributed by atoms with Gasteiger partial charge < -0.3 is 10.2 Å². The Balaban J connectivity index is 2.15. The molecule has 2 aromatic carbocycles. The zero-order valence-electron chi connectivity index (χ0n) is 11.6. The van der Waals surface area contributed by atoms with Gasteiger partial charge >= 0.3 is 0 Å². The van der Waals surface area contributed by atoms with Crippen molar-refractivity contribution in [3.63, 3.8) is 0 Å². The van der Waals surface area contributed by atoms with E-state index < -0.39 is 0 Å². The first-order chi connectivity index (χ1) is 9.65. The van der Waals surface area contributed by atoms with E-state index >= 15 is 0 Å². The molecule has 0 aromatic heterocycles. The highest BCUT2D eigenvalue weighted by atomic mass is 16.3. The van der Waals surface area contributed by atoms with Crippen LogP contribution in [0.25, 0.3) is 11.1 Å². The van der Waals surface area contributed by atoms with Crippen molar-refractivity contribution < 1.29 is 10.2 Å². The maximum absolute atomic E-state index is 9.68. The molecule has 2 heteroatoms. The van der Waals surface area contributed by atoms with Crippen LogP contribution in [-0.2, 0) is 6.42 Å². The Morgan fingerprint density at radius 3 is 2.50 bits per heavy atom. The minimum atomic E-state index is 0.304. The predicted molar refractivity (Wildman–Crippen MR) is 81.6 cm³/mol. The third kappa shape index (κ3) is 2.29. The zero-order chi connectivity index (χ0) is 14.1. The van der Waals surface area contributed by atoms with Crippen molar-refractivity contribution in [3.05, 3.63) is 59.2 Å². The number of hydrogen-bond acceptors (Lipinski definition) is 2. The van der Waals surface area contributed by atoms with E-state index in [4.69, 9.17) is 0 Å². The molecule has 102 valence electrons. The summed E-state index contributed by atoms with van der Waals surface area (Å²) >= 11 is 0. The van der Waals surface area contributed by atoms with Gasteiger partial charge in [0, 0.05) is 0 Å². The Hall–Kier alpha value is -2.22. The lowest BCUT2D eigenvalue weighted by atomic mass is 9.93. The molecule has 0 unspecified atom stereocenters. The van der Waals surface area contributed by atoms with E-state index in [0.29, 0.717) is 11.5 Å². The van der Waals surface area contributed by atoms with Gasteiger partial charge in [-0.05, 0) is 78.3 Å². The molecule has 2 aromatic rings. The van der Waals surface area contributed by atoms with Crippen molar-refractivity contribution in [1.82, 2.24) is 0 Å². The van der Waals surface area contributed by atoms with Crippen molar-refractivity contribution in [2.24, 2.45) is 0 Å². The van der Waals surface area contributed by atoms with Gasteiger partial charge in [0.2, 0.25) is 0 Å². The Morgan fingerprint density at radius 1 is 0.900 bits per heavy atom. The number of hydrogen-bond donors (Lipinski definition) is 2. The summed E-state index contributed by atoms with van der Waals surface area (Å²) in [6, 6.07) is 13.1. The number of allylic oxidation sites excluding steroid dienone is 2. The molecular formula is C18H18O2. The third-order valence-electron chi connectivity index (χ3n) is 4.01. The SMILES string of the molecule is CC1=C(c2cccc(O)c2)CCCc2cc(O)ccc21. The average molecular weight is 266 g/mol. The Morgan fingerprint density at radius 2 is 1.70 bits per heavy atom. The van der Waals surface area contributed by atoms with E-state index in [2.05, 4.69) is 6.92 Å². The second kappa shape index (κ2) is 5.04. The highest BCUT2D eigenvalue weighted by molar-refractivity contribution is 5.91. The first kappa shape index (κ1) is 12.8. The highest BCUT2D eigenvalue weighted by Gasteiger charge is 2.16. The lowest BCUT2D eigenvalue weighted by Gasteiger charge is -2.12. The Bertz CT molecular complexity index is 684. The van der Waals surface area contributed by atoms with Crippen LogP contribution in [0.1, 0.15) is 36.5 Å². The molecule has 0 aliphatic heterocycles. The van der Waals surface area contributed by atoms with E-state index in [0.717, 1.165) is 24.8 Å². The van der Waals surface area contributed by atoms with Crippen molar-refractivity contribution in [2.45, 2.75) is 26.2 Å². The summed E-state index contributed by atoms with van der Waals surface area (Å²) < 4.78 is 0. The number of fused-ring (bicyclic) bond motifs is 1. The van der Waals surface area contributed by atoms with Crippen LogP contribution in [-0.4, -0.2) is 10.2 Å². The molecule has 2 N–H and O–H groups in total. The molecule has 0 amide bonds. The third-order valence-corrected chi connectivity index (χ3v) is 4.01. The Labute approximate surface area is 119 Å². The largest absolute Gasteiger partial charge is 0.508 e. The maximum Gasteiger partial charge on any atom is 0.116 e. The van der Waals surface area contributed by atoms with Crippen molar-refractivity contribution in [2.75, 3.05) is 0 Å². The van der Waals surface area contributed by atoms with E-state index in [-0.39, 0.29) is 0 Å². The molecule has 3 rings (SSSR count). The minimum absolute atomic E-state index is 0.304.